The van der Waals surface area contributed by atoms with Gasteiger partial charge in [0.2, 0.25) is 0 Å². The summed E-state index contributed by atoms with van der Waals surface area (Å²) in [6, 6.07) is 6.77. The van der Waals surface area contributed by atoms with Crippen molar-refractivity contribution in [3.63, 3.8) is 0 Å². The van der Waals surface area contributed by atoms with Gasteiger partial charge in [0, 0.05) is 18.7 Å². The Labute approximate surface area is 126 Å². The van der Waals surface area contributed by atoms with Gasteiger partial charge in [0.05, 0.1) is 0 Å². The number of hydrogen-bond donors (Lipinski definition) is 1. The Bertz CT molecular complexity index is 400. The van der Waals surface area contributed by atoms with Crippen LogP contribution < -0.4 is 5.32 Å². The highest BCUT2D eigenvalue weighted by Gasteiger charge is 2.17. The fourth-order valence-corrected chi connectivity index (χ4v) is 3.02. The number of piperidine rings is 1. The zero-order valence-corrected chi connectivity index (χ0v) is 12.8. The Hall–Kier alpha value is -1.00. The van der Waals surface area contributed by atoms with Crippen molar-refractivity contribution in [3.05, 3.63) is 35.4 Å². The summed E-state index contributed by atoms with van der Waals surface area (Å²) in [6.07, 6.45) is 1.29. The van der Waals surface area contributed by atoms with Gasteiger partial charge in [0.1, 0.15) is 0 Å². The van der Waals surface area contributed by atoms with Crippen LogP contribution in [0.2, 0.25) is 0 Å². The minimum atomic E-state index is -2.38. The van der Waals surface area contributed by atoms with Crippen LogP contribution >= 0.6 is 0 Å². The van der Waals surface area contributed by atoms with Gasteiger partial charge in [0.25, 0.3) is 6.43 Å². The molecule has 21 heavy (non-hydrogen) atoms. The summed E-state index contributed by atoms with van der Waals surface area (Å²) in [4.78, 5) is 2.45. The molecule has 2 rings (SSSR count). The molecule has 0 amide bonds. The van der Waals surface area contributed by atoms with Crippen molar-refractivity contribution in [2.24, 2.45) is 5.92 Å². The molecule has 1 unspecified atom stereocenters. The van der Waals surface area contributed by atoms with E-state index in [1.54, 1.807) is 12.1 Å². The predicted molar refractivity (Wildman–Crippen MR) is 82.6 cm³/mol. The first kappa shape index (κ1) is 16.4. The molecule has 1 aromatic rings. The SMILES string of the molecule is CCCN(Cc1ccc(C(F)F)cc1)CC1CCCNC1. The van der Waals surface area contributed by atoms with E-state index in [-0.39, 0.29) is 5.56 Å². The monoisotopic (exact) mass is 296 g/mol. The number of nitrogens with one attached hydrogen (secondary N) is 1. The second-order valence-electron chi connectivity index (χ2n) is 5.99. The molecule has 2 nitrogen and oxygen atoms in total. The largest absolute Gasteiger partial charge is 0.316 e. The van der Waals surface area contributed by atoms with Crippen LogP contribution in [0.1, 0.15) is 43.7 Å². The summed E-state index contributed by atoms with van der Waals surface area (Å²) in [5.74, 6) is 0.714. The summed E-state index contributed by atoms with van der Waals surface area (Å²) < 4.78 is 25.1. The second-order valence-corrected chi connectivity index (χ2v) is 5.99. The lowest BCUT2D eigenvalue weighted by atomic mass is 9.98. The van der Waals surface area contributed by atoms with E-state index in [0.717, 1.165) is 44.7 Å². The van der Waals surface area contributed by atoms with E-state index in [4.69, 9.17) is 0 Å². The lowest BCUT2D eigenvalue weighted by Gasteiger charge is -2.30. The van der Waals surface area contributed by atoms with Crippen molar-refractivity contribution in [1.82, 2.24) is 10.2 Å². The average molecular weight is 296 g/mol. The van der Waals surface area contributed by atoms with Crippen molar-refractivity contribution in [3.8, 4) is 0 Å². The lowest BCUT2D eigenvalue weighted by Crippen LogP contribution is -2.38. The highest BCUT2D eigenvalue weighted by atomic mass is 19.3. The normalized spacial score (nSPS) is 19.4. The minimum Gasteiger partial charge on any atom is -0.316 e. The van der Waals surface area contributed by atoms with E-state index in [0.29, 0.717) is 5.92 Å². The maximum atomic E-state index is 12.6. The molecule has 1 N–H and O–H groups in total. The van der Waals surface area contributed by atoms with E-state index < -0.39 is 6.43 Å². The van der Waals surface area contributed by atoms with Crippen LogP contribution in [0.3, 0.4) is 0 Å². The van der Waals surface area contributed by atoms with Crippen molar-refractivity contribution in [1.29, 1.82) is 0 Å². The standard InChI is InChI=1S/C17H26F2N2/c1-2-10-21(13-15-4-3-9-20-11-15)12-14-5-7-16(8-6-14)17(18)19/h5-8,15,17,20H,2-4,9-13H2,1H3. The van der Waals surface area contributed by atoms with Gasteiger partial charge in [-0.25, -0.2) is 8.78 Å². The van der Waals surface area contributed by atoms with Crippen LogP contribution in [0.15, 0.2) is 24.3 Å². The Kier molecular flexibility index (Phi) is 6.58. The predicted octanol–water partition coefficient (Wildman–Crippen LogP) is 3.84. The van der Waals surface area contributed by atoms with Crippen LogP contribution in [0, 0.1) is 5.92 Å². The number of benzene rings is 1. The molecule has 0 radical (unpaired) electrons. The maximum Gasteiger partial charge on any atom is 0.263 e. The Morgan fingerprint density at radius 2 is 2.05 bits per heavy atom. The van der Waals surface area contributed by atoms with Gasteiger partial charge in [-0.15, -0.1) is 0 Å². The molecule has 1 heterocycles. The van der Waals surface area contributed by atoms with Crippen molar-refractivity contribution in [2.45, 2.75) is 39.2 Å². The van der Waals surface area contributed by atoms with Gasteiger partial charge >= 0.3 is 0 Å². The molecule has 1 atom stereocenters. The van der Waals surface area contributed by atoms with Gasteiger partial charge in [-0.2, -0.15) is 0 Å². The number of rotatable bonds is 7. The number of alkyl halides is 2. The molecule has 118 valence electrons. The average Bonchev–Trinajstić information content (AvgIpc) is 2.49. The number of halogens is 2. The molecule has 1 aromatic carbocycles. The van der Waals surface area contributed by atoms with Crippen molar-refractivity contribution in [2.75, 3.05) is 26.2 Å². The van der Waals surface area contributed by atoms with Gasteiger partial charge in [0.15, 0.2) is 0 Å². The van der Waals surface area contributed by atoms with Crippen LogP contribution in [-0.2, 0) is 6.54 Å². The summed E-state index contributed by atoms with van der Waals surface area (Å²) in [5, 5.41) is 3.46. The van der Waals surface area contributed by atoms with Crippen LogP contribution in [0.25, 0.3) is 0 Å². The fourth-order valence-electron chi connectivity index (χ4n) is 3.02. The quantitative estimate of drug-likeness (QED) is 0.822. The van der Waals surface area contributed by atoms with Crippen LogP contribution in [0.5, 0.6) is 0 Å². The Morgan fingerprint density at radius 3 is 2.62 bits per heavy atom. The lowest BCUT2D eigenvalue weighted by molar-refractivity contribution is 0.151. The number of hydrogen-bond acceptors (Lipinski definition) is 2. The molecular formula is C17H26F2N2. The number of nitrogens with zero attached hydrogens (tertiary/aromatic N) is 1. The van der Waals surface area contributed by atoms with Gasteiger partial charge in [-0.1, -0.05) is 31.2 Å². The highest BCUT2D eigenvalue weighted by molar-refractivity contribution is 5.23. The van der Waals surface area contributed by atoms with E-state index in [9.17, 15) is 8.78 Å². The molecule has 1 fully saturated rings. The second kappa shape index (κ2) is 8.44. The van der Waals surface area contributed by atoms with E-state index in [2.05, 4.69) is 17.1 Å². The van der Waals surface area contributed by atoms with Crippen molar-refractivity contribution < 1.29 is 8.78 Å². The molecule has 0 saturated carbocycles. The molecule has 0 aliphatic carbocycles. The molecule has 0 aromatic heterocycles. The molecule has 1 saturated heterocycles. The molecular weight excluding hydrogens is 270 g/mol. The first-order valence-electron chi connectivity index (χ1n) is 7.99. The molecule has 4 heteroatoms. The summed E-state index contributed by atoms with van der Waals surface area (Å²) in [5.41, 5.74) is 1.23. The van der Waals surface area contributed by atoms with E-state index in [1.165, 1.54) is 12.8 Å². The third-order valence-electron chi connectivity index (χ3n) is 4.09. The molecule has 1 aliphatic rings. The third-order valence-corrected chi connectivity index (χ3v) is 4.09. The molecule has 0 bridgehead atoms. The molecule has 0 spiro atoms. The maximum absolute atomic E-state index is 12.6. The third kappa shape index (κ3) is 5.36. The highest BCUT2D eigenvalue weighted by Crippen LogP contribution is 2.20. The molecule has 1 aliphatic heterocycles. The van der Waals surface area contributed by atoms with Crippen LogP contribution in [0.4, 0.5) is 8.78 Å². The van der Waals surface area contributed by atoms with E-state index in [1.807, 2.05) is 12.1 Å². The van der Waals surface area contributed by atoms with Gasteiger partial charge < -0.3 is 5.32 Å². The van der Waals surface area contributed by atoms with Crippen LogP contribution in [-0.4, -0.2) is 31.1 Å². The minimum absolute atomic E-state index is 0.109. The summed E-state index contributed by atoms with van der Waals surface area (Å²) in [6.45, 7) is 7.44. The van der Waals surface area contributed by atoms with Gasteiger partial charge in [-0.3, -0.25) is 4.90 Å². The van der Waals surface area contributed by atoms with Crippen molar-refractivity contribution >= 4 is 0 Å². The van der Waals surface area contributed by atoms with Gasteiger partial charge in [-0.05, 0) is 50.4 Å². The smallest absolute Gasteiger partial charge is 0.263 e. The van der Waals surface area contributed by atoms with E-state index >= 15 is 0 Å². The zero-order chi connectivity index (χ0) is 15.1. The summed E-state index contributed by atoms with van der Waals surface area (Å²) in [7, 11) is 0. The zero-order valence-electron chi connectivity index (χ0n) is 12.8. The Balaban J connectivity index is 1.91. The first-order valence-corrected chi connectivity index (χ1v) is 7.99. The summed E-state index contributed by atoms with van der Waals surface area (Å²) >= 11 is 0. The Morgan fingerprint density at radius 1 is 1.29 bits per heavy atom. The fraction of sp³-hybridized carbons (Fsp3) is 0.647. The topological polar surface area (TPSA) is 15.3 Å². The first-order chi connectivity index (χ1) is 10.2.